The molecule has 1 N–H and O–H groups in total. The lowest BCUT2D eigenvalue weighted by molar-refractivity contribution is -0.116. The van der Waals surface area contributed by atoms with E-state index in [0.717, 1.165) is 25.7 Å². The number of carbonyl (C=O) groups excluding carboxylic acids is 1. The van der Waals surface area contributed by atoms with E-state index >= 15 is 0 Å². The fourth-order valence-electron chi connectivity index (χ4n) is 3.37. The second-order valence-corrected chi connectivity index (χ2v) is 9.67. The molecular formula is C18H25ClN2O4S. The van der Waals surface area contributed by atoms with Gasteiger partial charge in [-0.2, -0.15) is 0 Å². The lowest BCUT2D eigenvalue weighted by atomic mass is 9.94. The lowest BCUT2D eigenvalue weighted by Gasteiger charge is -2.32. The smallest absolute Gasteiger partial charge is 0.224 e. The Hall–Kier alpha value is -1.31. The van der Waals surface area contributed by atoms with Gasteiger partial charge in [-0.25, -0.2) is 12.7 Å². The molecule has 144 valence electrons. The number of amides is 1. The lowest BCUT2D eigenvalue weighted by Crippen LogP contribution is -2.41. The Labute approximate surface area is 159 Å². The quantitative estimate of drug-likeness (QED) is 0.762. The van der Waals surface area contributed by atoms with Gasteiger partial charge in [0, 0.05) is 25.2 Å². The average molecular weight is 401 g/mol. The summed E-state index contributed by atoms with van der Waals surface area (Å²) in [6.45, 7) is 1.16. The zero-order chi connectivity index (χ0) is 18.7. The highest BCUT2D eigenvalue weighted by Crippen LogP contribution is 2.34. The van der Waals surface area contributed by atoms with E-state index in [0.29, 0.717) is 42.4 Å². The van der Waals surface area contributed by atoms with Crippen LogP contribution in [0.4, 0.5) is 5.69 Å². The molecule has 1 unspecified atom stereocenters. The Kier molecular flexibility index (Phi) is 6.10. The molecule has 2 fully saturated rings. The normalized spacial score (nSPS) is 21.4. The molecule has 1 saturated heterocycles. The summed E-state index contributed by atoms with van der Waals surface area (Å²) in [7, 11) is -1.58. The molecule has 3 rings (SSSR count). The molecule has 1 aliphatic heterocycles. The molecule has 6 nitrogen and oxygen atoms in total. The van der Waals surface area contributed by atoms with Gasteiger partial charge in [-0.15, -0.1) is 0 Å². The summed E-state index contributed by atoms with van der Waals surface area (Å²) in [5, 5.41) is 3.11. The number of sulfonamides is 1. The molecule has 0 aromatic heterocycles. The fraction of sp³-hybridized carbons (Fsp3) is 0.611. The number of carbonyl (C=O) groups is 1. The van der Waals surface area contributed by atoms with E-state index < -0.39 is 10.0 Å². The van der Waals surface area contributed by atoms with Crippen LogP contribution in [0.25, 0.3) is 0 Å². The molecule has 0 radical (unpaired) electrons. The zero-order valence-electron chi connectivity index (χ0n) is 14.9. The highest BCUT2D eigenvalue weighted by Gasteiger charge is 2.41. The molecule has 2 aliphatic rings. The molecule has 1 aliphatic carbocycles. The van der Waals surface area contributed by atoms with Crippen LogP contribution >= 0.6 is 11.6 Å². The van der Waals surface area contributed by atoms with Crippen molar-refractivity contribution in [2.24, 2.45) is 5.92 Å². The molecule has 1 heterocycles. The number of ether oxygens (including phenoxy) is 1. The van der Waals surface area contributed by atoms with Crippen LogP contribution < -0.4 is 10.1 Å². The maximum atomic E-state index is 12.4. The third-order valence-electron chi connectivity index (χ3n) is 5.00. The molecule has 0 spiro atoms. The van der Waals surface area contributed by atoms with Gasteiger partial charge >= 0.3 is 0 Å². The second-order valence-electron chi connectivity index (χ2n) is 7.05. The van der Waals surface area contributed by atoms with Gasteiger partial charge in [0.05, 0.1) is 17.4 Å². The predicted octanol–water partition coefficient (Wildman–Crippen LogP) is 3.27. The Bertz CT molecular complexity index is 764. The van der Waals surface area contributed by atoms with Crippen molar-refractivity contribution in [3.8, 4) is 5.75 Å². The van der Waals surface area contributed by atoms with Crippen LogP contribution in [0.2, 0.25) is 5.02 Å². The number of benzene rings is 1. The molecule has 1 atom stereocenters. The summed E-state index contributed by atoms with van der Waals surface area (Å²) in [5.41, 5.74) is 0.627. The van der Waals surface area contributed by atoms with Gasteiger partial charge in [0.1, 0.15) is 5.75 Å². The van der Waals surface area contributed by atoms with Crippen LogP contribution in [0, 0.1) is 5.92 Å². The number of nitrogens with one attached hydrogen (secondary N) is 1. The van der Waals surface area contributed by atoms with E-state index in [4.69, 9.17) is 16.3 Å². The van der Waals surface area contributed by atoms with Gasteiger partial charge in [-0.1, -0.05) is 11.6 Å². The summed E-state index contributed by atoms with van der Waals surface area (Å²) in [6.07, 6.45) is 4.47. The SMILES string of the molecule is COc1ccc(NC(=O)CCC2CCCN(S(=O)(=O)C3CC3)C2)cc1Cl. The zero-order valence-corrected chi connectivity index (χ0v) is 16.5. The van der Waals surface area contributed by atoms with E-state index in [1.165, 1.54) is 7.11 Å². The van der Waals surface area contributed by atoms with Crippen molar-refractivity contribution in [2.45, 2.75) is 43.8 Å². The highest BCUT2D eigenvalue weighted by atomic mass is 35.5. The maximum Gasteiger partial charge on any atom is 0.224 e. The number of hydrogen-bond acceptors (Lipinski definition) is 4. The average Bonchev–Trinajstić information content (AvgIpc) is 3.46. The number of anilines is 1. The summed E-state index contributed by atoms with van der Waals surface area (Å²) < 4.78 is 31.5. The van der Waals surface area contributed by atoms with E-state index in [9.17, 15) is 13.2 Å². The molecule has 1 aromatic rings. The van der Waals surface area contributed by atoms with Crippen LogP contribution in [0.1, 0.15) is 38.5 Å². The van der Waals surface area contributed by atoms with Crippen molar-refractivity contribution < 1.29 is 17.9 Å². The molecule has 0 bridgehead atoms. The van der Waals surface area contributed by atoms with Crippen molar-refractivity contribution >= 4 is 33.2 Å². The van der Waals surface area contributed by atoms with E-state index in [2.05, 4.69) is 5.32 Å². The van der Waals surface area contributed by atoms with E-state index in [-0.39, 0.29) is 17.1 Å². The maximum absolute atomic E-state index is 12.4. The van der Waals surface area contributed by atoms with Crippen LogP contribution in [0.5, 0.6) is 5.75 Å². The van der Waals surface area contributed by atoms with Gasteiger partial charge < -0.3 is 10.1 Å². The van der Waals surface area contributed by atoms with Crippen LogP contribution in [-0.2, 0) is 14.8 Å². The Morgan fingerprint density at radius 2 is 2.12 bits per heavy atom. The van der Waals surface area contributed by atoms with Crippen LogP contribution in [0.15, 0.2) is 18.2 Å². The number of hydrogen-bond donors (Lipinski definition) is 1. The number of halogens is 1. The highest BCUT2D eigenvalue weighted by molar-refractivity contribution is 7.90. The molecular weight excluding hydrogens is 376 g/mol. The second kappa shape index (κ2) is 8.15. The Morgan fingerprint density at radius 3 is 2.77 bits per heavy atom. The number of rotatable bonds is 7. The first-order chi connectivity index (χ1) is 12.4. The summed E-state index contributed by atoms with van der Waals surface area (Å²) >= 11 is 6.06. The van der Waals surface area contributed by atoms with Crippen LogP contribution in [-0.4, -0.2) is 44.1 Å². The minimum atomic E-state index is -3.11. The monoisotopic (exact) mass is 400 g/mol. The number of piperidine rings is 1. The summed E-state index contributed by atoms with van der Waals surface area (Å²) in [6, 6.07) is 5.11. The van der Waals surface area contributed by atoms with Crippen molar-refractivity contribution in [3.63, 3.8) is 0 Å². The van der Waals surface area contributed by atoms with Gasteiger partial charge in [0.2, 0.25) is 15.9 Å². The van der Waals surface area contributed by atoms with Gasteiger partial charge in [-0.05, 0) is 56.2 Å². The number of methoxy groups -OCH3 is 1. The molecule has 1 amide bonds. The third kappa shape index (κ3) is 4.69. The summed E-state index contributed by atoms with van der Waals surface area (Å²) in [4.78, 5) is 12.2. The molecule has 8 heteroatoms. The first-order valence-electron chi connectivity index (χ1n) is 9.02. The van der Waals surface area contributed by atoms with Crippen LogP contribution in [0.3, 0.4) is 0 Å². The minimum absolute atomic E-state index is 0.0894. The van der Waals surface area contributed by atoms with Gasteiger partial charge in [-0.3, -0.25) is 4.79 Å². The standard InChI is InChI=1S/C18H25ClN2O4S/c1-25-17-8-5-14(11-16(17)19)20-18(22)9-4-13-3-2-10-21(12-13)26(23,24)15-6-7-15/h5,8,11,13,15H,2-4,6-7,9-10,12H2,1H3,(H,20,22). The van der Waals surface area contributed by atoms with Crippen molar-refractivity contribution in [3.05, 3.63) is 23.2 Å². The van der Waals surface area contributed by atoms with E-state index in [1.54, 1.807) is 22.5 Å². The van der Waals surface area contributed by atoms with Crippen molar-refractivity contribution in [2.75, 3.05) is 25.5 Å². The topological polar surface area (TPSA) is 75.7 Å². The fourth-order valence-corrected chi connectivity index (χ4v) is 5.59. The Balaban J connectivity index is 1.49. The molecule has 26 heavy (non-hydrogen) atoms. The molecule has 1 aromatic carbocycles. The first kappa shape index (κ1) is 19.5. The predicted molar refractivity (Wildman–Crippen MR) is 102 cm³/mol. The largest absolute Gasteiger partial charge is 0.495 e. The first-order valence-corrected chi connectivity index (χ1v) is 10.9. The van der Waals surface area contributed by atoms with E-state index in [1.807, 2.05) is 0 Å². The number of nitrogens with zero attached hydrogens (tertiary/aromatic N) is 1. The van der Waals surface area contributed by atoms with Gasteiger partial charge in [0.15, 0.2) is 0 Å². The van der Waals surface area contributed by atoms with Crippen molar-refractivity contribution in [1.82, 2.24) is 4.31 Å². The van der Waals surface area contributed by atoms with Gasteiger partial charge in [0.25, 0.3) is 0 Å². The van der Waals surface area contributed by atoms with Crippen molar-refractivity contribution in [1.29, 1.82) is 0 Å². The summed E-state index contributed by atoms with van der Waals surface area (Å²) in [5.74, 6) is 0.708. The third-order valence-corrected chi connectivity index (χ3v) is 7.66. The molecule has 1 saturated carbocycles. The Morgan fingerprint density at radius 1 is 1.35 bits per heavy atom. The minimum Gasteiger partial charge on any atom is -0.495 e.